The highest BCUT2D eigenvalue weighted by Gasteiger charge is 2.17. The van der Waals surface area contributed by atoms with Gasteiger partial charge in [-0.1, -0.05) is 18.2 Å². The number of rotatable bonds is 6. The number of fused-ring (bicyclic) bond motifs is 1. The summed E-state index contributed by atoms with van der Waals surface area (Å²) >= 11 is 1.68. The number of carboxylic acid groups (broad SMARTS) is 1. The summed E-state index contributed by atoms with van der Waals surface area (Å²) in [6, 6.07) is 10.2. The number of benzene rings is 1. The topological polar surface area (TPSA) is 84.3 Å². The summed E-state index contributed by atoms with van der Waals surface area (Å²) in [4.78, 5) is 20.5. The summed E-state index contributed by atoms with van der Waals surface area (Å²) in [6.07, 6.45) is 1.32. The average molecular weight is 343 g/mol. The Kier molecular flexibility index (Phi) is 4.73. The third kappa shape index (κ3) is 3.37. The van der Waals surface area contributed by atoms with E-state index in [9.17, 15) is 4.79 Å². The molecule has 0 amide bonds. The van der Waals surface area contributed by atoms with Crippen molar-refractivity contribution in [3.05, 3.63) is 52.7 Å². The van der Waals surface area contributed by atoms with Gasteiger partial charge in [-0.2, -0.15) is 0 Å². The second kappa shape index (κ2) is 6.94. The van der Waals surface area contributed by atoms with Gasteiger partial charge in [0.25, 0.3) is 0 Å². The van der Waals surface area contributed by atoms with Crippen LogP contribution in [0.3, 0.4) is 0 Å². The number of methoxy groups -OCH3 is 1. The Hall–Kier alpha value is -2.51. The molecule has 0 saturated heterocycles. The van der Waals surface area contributed by atoms with Crippen molar-refractivity contribution in [1.82, 2.24) is 9.97 Å². The number of hydrogen-bond donors (Lipinski definition) is 2. The summed E-state index contributed by atoms with van der Waals surface area (Å²) in [6.45, 7) is 2.11. The number of thiophene rings is 1. The number of nitrogens with one attached hydrogen (secondary N) is 1. The first-order valence-electron chi connectivity index (χ1n) is 7.39. The first kappa shape index (κ1) is 16.4. The zero-order chi connectivity index (χ0) is 17.1. The molecule has 124 valence electrons. The van der Waals surface area contributed by atoms with E-state index >= 15 is 0 Å². The molecule has 24 heavy (non-hydrogen) atoms. The van der Waals surface area contributed by atoms with Crippen LogP contribution in [0.2, 0.25) is 0 Å². The van der Waals surface area contributed by atoms with Gasteiger partial charge in [-0.25, -0.2) is 14.8 Å². The van der Waals surface area contributed by atoms with Crippen LogP contribution in [0.15, 0.2) is 36.5 Å². The number of carbonyl (C=O) groups is 1. The summed E-state index contributed by atoms with van der Waals surface area (Å²) in [7, 11) is 1.64. The monoisotopic (exact) mass is 343 g/mol. The molecule has 1 unspecified atom stereocenters. The molecule has 0 aliphatic heterocycles. The molecular weight excluding hydrogens is 326 g/mol. The van der Waals surface area contributed by atoms with E-state index in [0.29, 0.717) is 18.2 Å². The largest absolute Gasteiger partial charge is 0.478 e. The lowest BCUT2D eigenvalue weighted by atomic mass is 10.2. The van der Waals surface area contributed by atoms with Crippen molar-refractivity contribution < 1.29 is 14.6 Å². The Bertz CT molecular complexity index is 845. The Morgan fingerprint density at radius 2 is 2.21 bits per heavy atom. The zero-order valence-electron chi connectivity index (χ0n) is 13.3. The third-order valence-corrected chi connectivity index (χ3v) is 4.86. The molecule has 2 heterocycles. The Morgan fingerprint density at radius 1 is 1.42 bits per heavy atom. The zero-order valence-corrected chi connectivity index (χ0v) is 14.1. The van der Waals surface area contributed by atoms with Gasteiger partial charge < -0.3 is 15.2 Å². The van der Waals surface area contributed by atoms with Crippen LogP contribution in [0, 0.1) is 6.92 Å². The van der Waals surface area contributed by atoms with Crippen molar-refractivity contribution in [3.63, 3.8) is 0 Å². The maximum atomic E-state index is 11.1. The maximum Gasteiger partial charge on any atom is 0.339 e. The van der Waals surface area contributed by atoms with E-state index < -0.39 is 5.97 Å². The molecule has 0 saturated carbocycles. The summed E-state index contributed by atoms with van der Waals surface area (Å²) in [5.41, 5.74) is 0.526. The van der Waals surface area contributed by atoms with E-state index in [4.69, 9.17) is 9.84 Å². The average Bonchev–Trinajstić information content (AvgIpc) is 2.98. The minimum Gasteiger partial charge on any atom is -0.478 e. The fourth-order valence-electron chi connectivity index (χ4n) is 2.44. The first-order valence-corrected chi connectivity index (χ1v) is 8.21. The van der Waals surface area contributed by atoms with E-state index in [1.165, 1.54) is 16.3 Å². The van der Waals surface area contributed by atoms with Crippen molar-refractivity contribution in [1.29, 1.82) is 0 Å². The summed E-state index contributed by atoms with van der Waals surface area (Å²) in [5, 5.41) is 13.5. The highest BCUT2D eigenvalue weighted by atomic mass is 32.1. The normalized spacial score (nSPS) is 12.2. The number of aromatic carboxylic acids is 1. The van der Waals surface area contributed by atoms with Crippen molar-refractivity contribution in [2.24, 2.45) is 0 Å². The van der Waals surface area contributed by atoms with Crippen LogP contribution in [0.1, 0.15) is 27.0 Å². The van der Waals surface area contributed by atoms with Gasteiger partial charge in [0.1, 0.15) is 0 Å². The lowest BCUT2D eigenvalue weighted by molar-refractivity contribution is 0.0695. The number of anilines is 1. The second-order valence-corrected chi connectivity index (χ2v) is 6.45. The molecule has 0 spiro atoms. The predicted molar refractivity (Wildman–Crippen MR) is 93.8 cm³/mol. The highest BCUT2D eigenvalue weighted by Crippen LogP contribution is 2.31. The summed E-state index contributed by atoms with van der Waals surface area (Å²) in [5.74, 6) is -0.644. The molecule has 2 aromatic heterocycles. The van der Waals surface area contributed by atoms with Gasteiger partial charge in [-0.05, 0) is 24.4 Å². The van der Waals surface area contributed by atoms with Gasteiger partial charge in [0.15, 0.2) is 0 Å². The van der Waals surface area contributed by atoms with Crippen LogP contribution in [-0.4, -0.2) is 34.8 Å². The molecule has 1 atom stereocenters. The number of nitrogens with zero attached hydrogens (tertiary/aromatic N) is 2. The number of hydrogen-bond acceptors (Lipinski definition) is 6. The van der Waals surface area contributed by atoms with E-state index in [2.05, 4.69) is 33.5 Å². The molecule has 0 aliphatic rings. The molecule has 6 nitrogen and oxygen atoms in total. The van der Waals surface area contributed by atoms with Crippen LogP contribution < -0.4 is 5.32 Å². The smallest absolute Gasteiger partial charge is 0.339 e. The van der Waals surface area contributed by atoms with Gasteiger partial charge in [0, 0.05) is 22.9 Å². The van der Waals surface area contributed by atoms with Crippen molar-refractivity contribution in [2.75, 3.05) is 19.0 Å². The predicted octanol–water partition coefficient (Wildman–Crippen LogP) is 3.50. The minimum atomic E-state index is -1.03. The Balaban J connectivity index is 1.88. The molecule has 7 heteroatoms. The van der Waals surface area contributed by atoms with Crippen molar-refractivity contribution in [3.8, 4) is 0 Å². The number of aromatic nitrogens is 2. The van der Waals surface area contributed by atoms with Crippen molar-refractivity contribution >= 4 is 33.3 Å². The van der Waals surface area contributed by atoms with Crippen LogP contribution in [0.4, 0.5) is 5.95 Å². The van der Waals surface area contributed by atoms with Crippen molar-refractivity contribution in [2.45, 2.75) is 13.0 Å². The van der Waals surface area contributed by atoms with E-state index in [1.807, 2.05) is 12.1 Å². The lowest BCUT2D eigenvalue weighted by Crippen LogP contribution is -2.17. The quantitative estimate of drug-likeness (QED) is 0.713. The van der Waals surface area contributed by atoms with Crippen LogP contribution >= 0.6 is 11.3 Å². The molecule has 1 aromatic carbocycles. The molecule has 0 radical (unpaired) electrons. The number of carboxylic acids is 1. The molecule has 0 aliphatic carbocycles. The van der Waals surface area contributed by atoms with E-state index in [1.54, 1.807) is 25.4 Å². The summed E-state index contributed by atoms with van der Waals surface area (Å²) < 4.78 is 6.52. The number of aryl methyl sites for hydroxylation is 1. The van der Waals surface area contributed by atoms with Gasteiger partial charge in [0.2, 0.25) is 5.95 Å². The molecule has 3 rings (SSSR count). The molecule has 2 N–H and O–H groups in total. The van der Waals surface area contributed by atoms with Gasteiger partial charge in [-0.3, -0.25) is 0 Å². The van der Waals surface area contributed by atoms with Crippen LogP contribution in [0.25, 0.3) is 10.1 Å². The number of ether oxygens (including phenoxy) is 1. The standard InChI is InChI=1S/C17H17N3O3S/c1-10-12(16(21)22)8-18-17(19-10)20-13(9-23-2)15-7-11-5-3-4-6-14(11)24-15/h3-8,13H,9H2,1-2H3,(H,21,22)(H,18,19,20). The van der Waals surface area contributed by atoms with E-state index in [-0.39, 0.29) is 11.6 Å². The molecule has 0 bridgehead atoms. The second-order valence-electron chi connectivity index (χ2n) is 5.34. The first-order chi connectivity index (χ1) is 11.6. The van der Waals surface area contributed by atoms with Gasteiger partial charge in [0.05, 0.1) is 23.9 Å². The fraction of sp³-hybridized carbons (Fsp3) is 0.235. The maximum absolute atomic E-state index is 11.1. The fourth-order valence-corrected chi connectivity index (χ4v) is 3.54. The SMILES string of the molecule is COCC(Nc1ncc(C(=O)O)c(C)n1)c1cc2ccccc2s1. The van der Waals surface area contributed by atoms with Gasteiger partial charge >= 0.3 is 5.97 Å². The molecule has 3 aromatic rings. The minimum absolute atomic E-state index is 0.103. The molecular formula is C17H17N3O3S. The van der Waals surface area contributed by atoms with Crippen LogP contribution in [0.5, 0.6) is 0 Å². The Morgan fingerprint density at radius 3 is 2.88 bits per heavy atom. The lowest BCUT2D eigenvalue weighted by Gasteiger charge is -2.16. The third-order valence-electron chi connectivity index (χ3n) is 3.63. The van der Waals surface area contributed by atoms with E-state index in [0.717, 1.165) is 4.88 Å². The Labute approximate surface area is 143 Å². The molecule has 0 fully saturated rings. The van der Waals surface area contributed by atoms with Crippen LogP contribution in [-0.2, 0) is 4.74 Å². The highest BCUT2D eigenvalue weighted by molar-refractivity contribution is 7.19. The van der Waals surface area contributed by atoms with Gasteiger partial charge in [-0.15, -0.1) is 11.3 Å².